The maximum absolute atomic E-state index is 11.4. The minimum atomic E-state index is -1.13. The molecule has 0 bridgehead atoms. The minimum absolute atomic E-state index is 0.186. The fourth-order valence-corrected chi connectivity index (χ4v) is 2.59. The molecular weight excluding hydrogens is 624 g/mol. The van der Waals surface area contributed by atoms with Crippen LogP contribution in [0.3, 0.4) is 0 Å². The number of esters is 5. The third kappa shape index (κ3) is 25.7. The van der Waals surface area contributed by atoms with Gasteiger partial charge in [-0.25, -0.2) is 19.2 Å². The Hall–Kier alpha value is -5.31. The van der Waals surface area contributed by atoms with E-state index in [1.54, 1.807) is 0 Å². The van der Waals surface area contributed by atoms with Gasteiger partial charge in [-0.3, -0.25) is 14.4 Å². The number of hydrogen-bond acceptors (Lipinski definition) is 13. The largest absolute Gasteiger partial charge is 0.479 e. The molecule has 0 saturated carbocycles. The number of carboxylic acids is 2. The summed E-state index contributed by atoms with van der Waals surface area (Å²) in [5, 5.41) is 25.1. The van der Waals surface area contributed by atoms with E-state index in [0.717, 1.165) is 11.1 Å². The highest BCUT2D eigenvalue weighted by atomic mass is 16.6. The van der Waals surface area contributed by atoms with Crippen LogP contribution in [0, 0.1) is 0 Å². The van der Waals surface area contributed by atoms with Crippen molar-refractivity contribution in [2.24, 2.45) is 0 Å². The first-order valence-electron chi connectivity index (χ1n) is 13.9. The number of carboxylic acid groups (broad SMARTS) is 2. The molecular formula is C32H42O15. The van der Waals surface area contributed by atoms with Crippen LogP contribution in [0.25, 0.3) is 0 Å². The van der Waals surface area contributed by atoms with Crippen molar-refractivity contribution >= 4 is 41.8 Å². The Bertz CT molecular complexity index is 1230. The fraction of sp³-hybridized carbons (Fsp3) is 0.406. The Kier molecular flexibility index (Phi) is 23.3. The number of aliphatic hydroxyl groups is 1. The summed E-state index contributed by atoms with van der Waals surface area (Å²) in [5.41, 5.74) is 1.81. The lowest BCUT2D eigenvalue weighted by Crippen LogP contribution is -2.25. The van der Waals surface area contributed by atoms with Gasteiger partial charge in [0.15, 0.2) is 18.3 Å². The summed E-state index contributed by atoms with van der Waals surface area (Å²) < 4.78 is 23.0. The van der Waals surface area contributed by atoms with Gasteiger partial charge in [-0.2, -0.15) is 0 Å². The second kappa shape index (κ2) is 24.9. The van der Waals surface area contributed by atoms with Crippen molar-refractivity contribution in [3.05, 3.63) is 71.8 Å². The molecule has 0 spiro atoms. The molecule has 260 valence electrons. The van der Waals surface area contributed by atoms with Crippen LogP contribution in [0.15, 0.2) is 60.7 Å². The van der Waals surface area contributed by atoms with E-state index in [0.29, 0.717) is 0 Å². The molecule has 2 aromatic carbocycles. The standard InChI is InChI=1S/C12H14O4.C10H12O3.2C5H8O4/c1-9(16-10(2)13)12(14)15-8-11-6-4-3-5-7-11;1-8(11)10(12)13-7-9-5-3-2-4-6-9;2*1-3(5(7)8)9-4(2)6/h3-7,9H,8H2,1-2H3;2-6,8,11H,7H2,1H3;2*3H,1-2H3,(H,7,8)/t9-;8-;2*3-/m0000/s1. The van der Waals surface area contributed by atoms with Crippen molar-refractivity contribution in [1.29, 1.82) is 0 Å². The van der Waals surface area contributed by atoms with Crippen molar-refractivity contribution in [1.82, 2.24) is 0 Å². The molecule has 3 N–H and O–H groups in total. The zero-order valence-corrected chi connectivity index (χ0v) is 27.2. The number of aliphatic carboxylic acids is 2. The SMILES string of the molecule is CC(=O)O[C@@H](C)C(=O)O.CC(=O)O[C@@H](C)C(=O)O.CC(=O)O[C@@H](C)C(=O)OCc1ccccc1.C[C@H](O)C(=O)OCc1ccccc1. The Morgan fingerprint density at radius 3 is 1.09 bits per heavy atom. The molecule has 47 heavy (non-hydrogen) atoms. The normalized spacial score (nSPS) is 12.0. The van der Waals surface area contributed by atoms with Gasteiger partial charge in [-0.05, 0) is 38.8 Å². The van der Waals surface area contributed by atoms with Crippen LogP contribution in [0.1, 0.15) is 59.6 Å². The van der Waals surface area contributed by atoms with Gasteiger partial charge in [-0.1, -0.05) is 60.7 Å². The summed E-state index contributed by atoms with van der Waals surface area (Å²) in [5.74, 6) is -5.06. The van der Waals surface area contributed by atoms with Crippen molar-refractivity contribution in [2.45, 2.75) is 86.1 Å². The van der Waals surface area contributed by atoms with Crippen molar-refractivity contribution < 1.29 is 72.6 Å². The van der Waals surface area contributed by atoms with Gasteiger partial charge in [0.25, 0.3) is 0 Å². The van der Waals surface area contributed by atoms with Crippen LogP contribution < -0.4 is 0 Å². The van der Waals surface area contributed by atoms with Gasteiger partial charge in [0.1, 0.15) is 19.3 Å². The summed E-state index contributed by atoms with van der Waals surface area (Å²) in [6.45, 7) is 9.44. The molecule has 2 rings (SSSR count). The van der Waals surface area contributed by atoms with E-state index in [2.05, 4.69) is 14.2 Å². The summed E-state index contributed by atoms with van der Waals surface area (Å²) in [6, 6.07) is 18.6. The molecule has 15 heteroatoms. The van der Waals surface area contributed by atoms with E-state index in [-0.39, 0.29) is 13.2 Å². The highest BCUT2D eigenvalue weighted by Gasteiger charge is 2.17. The molecule has 0 fully saturated rings. The number of aliphatic hydroxyl groups excluding tert-OH is 1. The predicted octanol–water partition coefficient (Wildman–Crippen LogP) is 2.84. The van der Waals surface area contributed by atoms with Crippen LogP contribution in [-0.4, -0.2) is 81.5 Å². The summed E-state index contributed by atoms with van der Waals surface area (Å²) in [6.07, 6.45) is -3.99. The second-order valence-corrected chi connectivity index (χ2v) is 9.29. The predicted molar refractivity (Wildman–Crippen MR) is 163 cm³/mol. The second-order valence-electron chi connectivity index (χ2n) is 9.29. The van der Waals surface area contributed by atoms with Crippen LogP contribution >= 0.6 is 0 Å². The lowest BCUT2D eigenvalue weighted by molar-refractivity contribution is -0.166. The van der Waals surface area contributed by atoms with E-state index >= 15 is 0 Å². The van der Waals surface area contributed by atoms with Crippen LogP contribution in [0.4, 0.5) is 0 Å². The molecule has 0 amide bonds. The molecule has 2 aromatic rings. The van der Waals surface area contributed by atoms with E-state index in [4.69, 9.17) is 24.8 Å². The number of carbonyl (C=O) groups is 7. The Morgan fingerprint density at radius 2 is 0.830 bits per heavy atom. The lowest BCUT2D eigenvalue weighted by atomic mass is 10.2. The van der Waals surface area contributed by atoms with E-state index < -0.39 is 66.2 Å². The lowest BCUT2D eigenvalue weighted by Gasteiger charge is -2.11. The fourth-order valence-electron chi connectivity index (χ4n) is 2.59. The highest BCUT2D eigenvalue weighted by molar-refractivity contribution is 5.78. The summed E-state index contributed by atoms with van der Waals surface area (Å²) >= 11 is 0. The minimum Gasteiger partial charge on any atom is -0.479 e. The first-order valence-corrected chi connectivity index (χ1v) is 13.9. The average Bonchev–Trinajstić information content (AvgIpc) is 2.99. The molecule has 0 aliphatic rings. The number of rotatable bonds is 11. The molecule has 0 aromatic heterocycles. The summed E-state index contributed by atoms with van der Waals surface area (Å²) in [4.78, 5) is 72.9. The van der Waals surface area contributed by atoms with Gasteiger partial charge in [-0.15, -0.1) is 0 Å². The molecule has 15 nitrogen and oxygen atoms in total. The first-order chi connectivity index (χ1) is 21.9. The number of benzene rings is 2. The number of hydrogen-bond donors (Lipinski definition) is 3. The Balaban J connectivity index is 0. The van der Waals surface area contributed by atoms with Crippen LogP contribution in [0.2, 0.25) is 0 Å². The zero-order valence-electron chi connectivity index (χ0n) is 27.2. The van der Waals surface area contributed by atoms with E-state index in [1.807, 2.05) is 60.7 Å². The smallest absolute Gasteiger partial charge is 0.347 e. The molecule has 0 radical (unpaired) electrons. The molecule has 0 aliphatic carbocycles. The Morgan fingerprint density at radius 1 is 0.532 bits per heavy atom. The van der Waals surface area contributed by atoms with Gasteiger partial charge >= 0.3 is 41.8 Å². The van der Waals surface area contributed by atoms with E-state index in [9.17, 15) is 33.6 Å². The number of carbonyl (C=O) groups excluding carboxylic acids is 5. The summed E-state index contributed by atoms with van der Waals surface area (Å²) in [7, 11) is 0. The van der Waals surface area contributed by atoms with Crippen molar-refractivity contribution in [2.75, 3.05) is 0 Å². The molecule has 4 atom stereocenters. The van der Waals surface area contributed by atoms with Crippen molar-refractivity contribution in [3.8, 4) is 0 Å². The van der Waals surface area contributed by atoms with Crippen LogP contribution in [0.5, 0.6) is 0 Å². The van der Waals surface area contributed by atoms with Crippen LogP contribution in [-0.2, 0) is 70.5 Å². The van der Waals surface area contributed by atoms with Gasteiger partial charge in [0, 0.05) is 20.8 Å². The maximum Gasteiger partial charge on any atom is 0.347 e. The Labute approximate surface area is 272 Å². The maximum atomic E-state index is 11.4. The quantitative estimate of drug-likeness (QED) is 0.231. The molecule has 0 heterocycles. The van der Waals surface area contributed by atoms with Gasteiger partial charge in [0.05, 0.1) is 0 Å². The van der Waals surface area contributed by atoms with Gasteiger partial charge in [0.2, 0.25) is 0 Å². The molecule has 0 saturated heterocycles. The third-order valence-corrected chi connectivity index (χ3v) is 4.84. The monoisotopic (exact) mass is 666 g/mol. The number of ether oxygens (including phenoxy) is 5. The van der Waals surface area contributed by atoms with E-state index in [1.165, 1.54) is 48.5 Å². The van der Waals surface area contributed by atoms with Crippen molar-refractivity contribution in [3.63, 3.8) is 0 Å². The third-order valence-electron chi connectivity index (χ3n) is 4.84. The molecule has 0 aliphatic heterocycles. The molecule has 0 unspecified atom stereocenters. The zero-order chi connectivity index (χ0) is 36.5. The topological polar surface area (TPSA) is 226 Å². The van der Waals surface area contributed by atoms with Gasteiger partial charge < -0.3 is 39.0 Å². The average molecular weight is 667 g/mol. The highest BCUT2D eigenvalue weighted by Crippen LogP contribution is 2.04. The first kappa shape index (κ1) is 43.8.